The van der Waals surface area contributed by atoms with Crippen molar-refractivity contribution in [3.05, 3.63) is 53.9 Å². The van der Waals surface area contributed by atoms with E-state index < -0.39 is 95.7 Å². The molecular formula is C41H65N13O9. The van der Waals surface area contributed by atoms with Crippen molar-refractivity contribution in [3.63, 3.8) is 0 Å². The fourth-order valence-electron chi connectivity index (χ4n) is 6.75. The Kier molecular flexibility index (Phi) is 21.1. The Morgan fingerprint density at radius 3 is 1.71 bits per heavy atom. The Morgan fingerprint density at radius 2 is 1.21 bits per heavy atom. The number of hydrogen-bond donors (Lipinski definition) is 12. The topological polar surface area (TPSA) is 349 Å². The predicted molar refractivity (Wildman–Crippen MR) is 230 cm³/mol. The van der Waals surface area contributed by atoms with Crippen LogP contribution < -0.4 is 59.7 Å². The van der Waals surface area contributed by atoms with Gasteiger partial charge in [0.05, 0.1) is 11.8 Å². The largest absolute Gasteiger partial charge is 0.391 e. The minimum absolute atomic E-state index is 0.0285. The van der Waals surface area contributed by atoms with Gasteiger partial charge in [0.25, 0.3) is 0 Å². The van der Waals surface area contributed by atoms with E-state index in [4.69, 9.17) is 17.2 Å². The van der Waals surface area contributed by atoms with E-state index in [1.807, 2.05) is 13.8 Å². The zero-order valence-corrected chi connectivity index (χ0v) is 36.4. The van der Waals surface area contributed by atoms with Crippen LogP contribution in [0.4, 0.5) is 0 Å². The van der Waals surface area contributed by atoms with Crippen LogP contribution in [-0.4, -0.2) is 137 Å². The molecule has 1 aliphatic rings. The van der Waals surface area contributed by atoms with Gasteiger partial charge in [0.2, 0.25) is 47.3 Å². The maximum absolute atomic E-state index is 14.2. The summed E-state index contributed by atoms with van der Waals surface area (Å²) in [5.74, 6) is -6.42. The van der Waals surface area contributed by atoms with Crippen LogP contribution >= 0.6 is 0 Å². The molecule has 0 bridgehead atoms. The highest BCUT2D eigenvalue weighted by atomic mass is 16.3. The maximum atomic E-state index is 14.2. The molecule has 22 nitrogen and oxygen atoms in total. The second-order valence-electron chi connectivity index (χ2n) is 15.9. The van der Waals surface area contributed by atoms with Crippen LogP contribution in [0.25, 0.3) is 0 Å². The van der Waals surface area contributed by atoms with Gasteiger partial charge in [0.1, 0.15) is 48.8 Å². The molecule has 1 aliphatic heterocycles. The van der Waals surface area contributed by atoms with Gasteiger partial charge in [-0.15, -0.1) is 0 Å². The lowest BCUT2D eigenvalue weighted by molar-refractivity contribution is -0.136. The molecule has 15 N–H and O–H groups in total. The van der Waals surface area contributed by atoms with Crippen LogP contribution in [0.2, 0.25) is 0 Å². The molecule has 22 heteroatoms. The Bertz CT molecular complexity index is 1860. The number of aryl methyl sites for hydroxylation is 1. The third kappa shape index (κ3) is 17.0. The second kappa shape index (κ2) is 25.8. The van der Waals surface area contributed by atoms with Gasteiger partial charge < -0.3 is 64.8 Å². The fourth-order valence-corrected chi connectivity index (χ4v) is 6.75. The normalized spacial score (nSPS) is 24.5. The predicted octanol–water partition coefficient (Wildman–Crippen LogP) is -4.18. The van der Waals surface area contributed by atoms with E-state index in [-0.39, 0.29) is 77.2 Å². The lowest BCUT2D eigenvalue weighted by Crippen LogP contribution is -2.61. The van der Waals surface area contributed by atoms with Crippen LogP contribution in [0.5, 0.6) is 0 Å². The number of carbonyl (C=O) groups is 8. The number of nitrogens with two attached hydrogens (primary N) is 3. The lowest BCUT2D eigenvalue weighted by Gasteiger charge is -2.28. The third-order valence-electron chi connectivity index (χ3n) is 10.0. The molecule has 0 radical (unpaired) electrons. The smallest absolute Gasteiger partial charge is 0.245 e. The van der Waals surface area contributed by atoms with E-state index in [1.54, 1.807) is 49.5 Å². The Balaban J connectivity index is 2.09. The van der Waals surface area contributed by atoms with Gasteiger partial charge in [-0.05, 0) is 83.1 Å². The molecule has 1 aromatic heterocycles. The molecule has 8 amide bonds. The first-order valence-electron chi connectivity index (χ1n) is 21.2. The van der Waals surface area contributed by atoms with Crippen molar-refractivity contribution in [1.82, 2.24) is 52.3 Å². The van der Waals surface area contributed by atoms with Crippen LogP contribution in [0.15, 0.2) is 42.6 Å². The van der Waals surface area contributed by atoms with E-state index in [2.05, 4.69) is 47.6 Å². The lowest BCUT2D eigenvalue weighted by atomic mass is 10.00. The first kappa shape index (κ1) is 51.4. The highest BCUT2D eigenvalue weighted by Gasteiger charge is 2.35. The van der Waals surface area contributed by atoms with Crippen molar-refractivity contribution in [1.29, 1.82) is 0 Å². The summed E-state index contributed by atoms with van der Waals surface area (Å²) in [6.07, 6.45) is -0.291. The summed E-state index contributed by atoms with van der Waals surface area (Å²) in [6, 6.07) is 1.11. The summed E-state index contributed by atoms with van der Waals surface area (Å²) in [6.45, 7) is 5.87. The minimum Gasteiger partial charge on any atom is -0.391 e. The molecule has 1 aromatic carbocycles. The van der Waals surface area contributed by atoms with E-state index >= 15 is 0 Å². The summed E-state index contributed by atoms with van der Waals surface area (Å²) in [5, 5.41) is 35.6. The molecule has 0 saturated carbocycles. The molecule has 63 heavy (non-hydrogen) atoms. The zero-order valence-electron chi connectivity index (χ0n) is 36.4. The van der Waals surface area contributed by atoms with Crippen molar-refractivity contribution in [2.24, 2.45) is 23.1 Å². The van der Waals surface area contributed by atoms with Gasteiger partial charge in [-0.3, -0.25) is 43.0 Å². The van der Waals surface area contributed by atoms with Gasteiger partial charge in [0, 0.05) is 19.2 Å². The number of amides is 8. The van der Waals surface area contributed by atoms with E-state index in [0.29, 0.717) is 11.3 Å². The average Bonchev–Trinajstić information content (AvgIpc) is 3.64. The average molecular weight is 884 g/mol. The van der Waals surface area contributed by atoms with Crippen molar-refractivity contribution >= 4 is 47.3 Å². The highest BCUT2D eigenvalue weighted by Crippen LogP contribution is 2.11. The summed E-state index contributed by atoms with van der Waals surface area (Å²) < 4.78 is 1.36. The monoisotopic (exact) mass is 884 g/mol. The van der Waals surface area contributed by atoms with E-state index in [9.17, 15) is 43.5 Å². The molecule has 0 aliphatic carbocycles. The Labute approximate surface area is 366 Å². The summed E-state index contributed by atoms with van der Waals surface area (Å²) >= 11 is 0. The first-order valence-corrected chi connectivity index (χ1v) is 21.2. The molecule has 348 valence electrons. The van der Waals surface area contributed by atoms with Gasteiger partial charge in [-0.1, -0.05) is 44.2 Å². The summed E-state index contributed by atoms with van der Waals surface area (Å²) in [5.41, 5.74) is 18.8. The third-order valence-corrected chi connectivity index (χ3v) is 10.0. The molecule has 2 aromatic rings. The Hall–Kier alpha value is -5.97. The van der Waals surface area contributed by atoms with Crippen LogP contribution in [-0.2, 0) is 51.3 Å². The molecule has 1 saturated heterocycles. The number of aromatic nitrogens is 2. The molecule has 0 spiro atoms. The van der Waals surface area contributed by atoms with Crippen molar-refractivity contribution < 1.29 is 43.5 Å². The number of aliphatic hydroxyl groups excluding tert-OH is 1. The van der Waals surface area contributed by atoms with Crippen molar-refractivity contribution in [2.45, 2.75) is 121 Å². The number of rotatable bonds is 14. The van der Waals surface area contributed by atoms with Gasteiger partial charge in [-0.2, -0.15) is 5.10 Å². The molecule has 2 heterocycles. The number of hydrogen-bond acceptors (Lipinski definition) is 13. The highest BCUT2D eigenvalue weighted by molar-refractivity contribution is 5.98. The number of carbonyl (C=O) groups excluding carboxylic acids is 8. The van der Waals surface area contributed by atoms with Gasteiger partial charge in [-0.25, -0.2) is 0 Å². The molecule has 3 rings (SSSR count). The second-order valence-corrected chi connectivity index (χ2v) is 15.9. The van der Waals surface area contributed by atoms with Crippen LogP contribution in [0, 0.1) is 12.8 Å². The van der Waals surface area contributed by atoms with Gasteiger partial charge in [0.15, 0.2) is 0 Å². The molecular weight excluding hydrogens is 819 g/mol. The number of benzene rings is 1. The maximum Gasteiger partial charge on any atom is 0.245 e. The van der Waals surface area contributed by atoms with Crippen LogP contribution in [0.1, 0.15) is 64.1 Å². The Morgan fingerprint density at radius 1 is 0.714 bits per heavy atom. The van der Waals surface area contributed by atoms with Crippen LogP contribution in [0.3, 0.4) is 0 Å². The quantitative estimate of drug-likeness (QED) is 0.0858. The van der Waals surface area contributed by atoms with Crippen molar-refractivity contribution in [3.8, 4) is 0 Å². The zero-order chi connectivity index (χ0) is 46.6. The van der Waals surface area contributed by atoms with Crippen molar-refractivity contribution in [2.75, 3.05) is 26.2 Å². The standard InChI is InChI=1S/C41H65N13O9/c1-23(2)20-31-39(61)49-27(10-15-42)35(57)48-29(12-17-44)38(60)52-34(25(4)55)41(63)45-18-13-30(46-33(56)22-54-19-14-24(3)53-54)37(59)47-28(11-16-43)36(58)51-32(40(62)50-31)21-26-8-6-5-7-9-26/h5-9,14,19,23,25,27-32,34,55H,10-13,15-18,20-22,42-44H2,1-4H3,(H,45,63)(H,46,56)(H,47,59)(H,48,57)(H,49,61)(H,50,62)(H,51,58)(H,52,60)/t25-,27+,28+,29+,30+,31+,32-,34+/m1/s1. The number of nitrogens with one attached hydrogen (secondary N) is 8. The first-order chi connectivity index (χ1) is 29.9. The fraction of sp³-hybridized carbons (Fsp3) is 0.585. The molecule has 0 unspecified atom stereocenters. The van der Waals surface area contributed by atoms with E-state index in [1.165, 1.54) is 11.6 Å². The molecule has 8 atom stereocenters. The van der Waals surface area contributed by atoms with E-state index in [0.717, 1.165) is 0 Å². The summed E-state index contributed by atoms with van der Waals surface area (Å²) in [7, 11) is 0. The SMILES string of the molecule is Cc1ccn(CC(=O)N[C@H]2CCNC(=O)[C@H]([C@@H](C)O)NC(=O)[C@H](CCN)NC(=O)[C@H](CCN)NC(=O)[C@H](CC(C)C)NC(=O)[C@@H](Cc3ccccc3)NC(=O)[C@H](CCN)NC2=O)n1. The molecule has 1 fully saturated rings. The minimum atomic E-state index is -1.55. The number of nitrogens with zero attached hydrogens (tertiary/aromatic N) is 2. The number of aliphatic hydroxyl groups is 1. The van der Waals surface area contributed by atoms with Gasteiger partial charge >= 0.3 is 0 Å². The summed E-state index contributed by atoms with van der Waals surface area (Å²) in [4.78, 5) is 110.